The largest absolute Gasteiger partial charge is 0.310 e. The SMILES string of the molecule is Cc1ccccc1N(c1ccc2ccccc2c1)c1ccc2c(c1)c1ccccc1c1c(-c3ccccc3)cc(-c3ccccc3)c(C3=CC=CCC3)c21. The molecule has 1 heteroatoms. The Morgan fingerprint density at radius 3 is 1.85 bits per heavy atom. The second kappa shape index (κ2) is 13.4. The summed E-state index contributed by atoms with van der Waals surface area (Å²) in [5.74, 6) is 0. The van der Waals surface area contributed by atoms with Crippen LogP contribution in [0.1, 0.15) is 24.0 Å². The summed E-state index contributed by atoms with van der Waals surface area (Å²) >= 11 is 0. The number of benzene rings is 9. The van der Waals surface area contributed by atoms with Gasteiger partial charge in [0.1, 0.15) is 0 Å². The molecule has 54 heavy (non-hydrogen) atoms. The molecule has 1 aliphatic rings. The van der Waals surface area contributed by atoms with Gasteiger partial charge in [0, 0.05) is 17.1 Å². The van der Waals surface area contributed by atoms with Gasteiger partial charge in [-0.1, -0.05) is 158 Å². The molecule has 1 nitrogen and oxygen atoms in total. The van der Waals surface area contributed by atoms with E-state index < -0.39 is 0 Å². The molecule has 0 atom stereocenters. The molecule has 256 valence electrons. The summed E-state index contributed by atoms with van der Waals surface area (Å²) in [6.45, 7) is 2.21. The molecular weight excluding hydrogens is 651 g/mol. The topological polar surface area (TPSA) is 3.24 Å². The monoisotopic (exact) mass is 689 g/mol. The van der Waals surface area contributed by atoms with Crippen LogP contribution in [0, 0.1) is 6.92 Å². The third kappa shape index (κ3) is 5.40. The zero-order valence-electron chi connectivity index (χ0n) is 30.3. The highest BCUT2D eigenvalue weighted by Crippen LogP contribution is 2.50. The van der Waals surface area contributed by atoms with Gasteiger partial charge in [-0.3, -0.25) is 0 Å². The average molecular weight is 690 g/mol. The molecule has 0 amide bonds. The number of hydrogen-bond acceptors (Lipinski definition) is 1. The van der Waals surface area contributed by atoms with E-state index in [0.717, 1.165) is 24.2 Å². The predicted octanol–water partition coefficient (Wildman–Crippen LogP) is 15.1. The number of allylic oxidation sites excluding steroid dienone is 4. The Bertz CT molecular complexity index is 2930. The summed E-state index contributed by atoms with van der Waals surface area (Å²) in [4.78, 5) is 2.44. The average Bonchev–Trinajstić information content (AvgIpc) is 3.24. The lowest BCUT2D eigenvalue weighted by Crippen LogP contribution is -2.11. The first-order valence-electron chi connectivity index (χ1n) is 19.0. The molecule has 0 bridgehead atoms. The van der Waals surface area contributed by atoms with E-state index in [4.69, 9.17) is 0 Å². The molecule has 9 aromatic carbocycles. The Morgan fingerprint density at radius 2 is 1.09 bits per heavy atom. The van der Waals surface area contributed by atoms with Crippen LogP contribution in [-0.2, 0) is 0 Å². The van der Waals surface area contributed by atoms with E-state index in [2.05, 4.69) is 206 Å². The zero-order chi connectivity index (χ0) is 36.0. The van der Waals surface area contributed by atoms with Crippen molar-refractivity contribution in [3.63, 3.8) is 0 Å². The first-order valence-corrected chi connectivity index (χ1v) is 19.0. The molecule has 9 aromatic rings. The fourth-order valence-corrected chi connectivity index (χ4v) is 8.67. The van der Waals surface area contributed by atoms with Gasteiger partial charge in [-0.05, 0) is 138 Å². The van der Waals surface area contributed by atoms with E-state index in [1.165, 1.54) is 87.7 Å². The molecule has 0 unspecified atom stereocenters. The summed E-state index contributed by atoms with van der Waals surface area (Å²) in [6.07, 6.45) is 8.93. The van der Waals surface area contributed by atoms with Crippen molar-refractivity contribution in [2.75, 3.05) is 4.90 Å². The molecule has 0 saturated heterocycles. The summed E-state index contributed by atoms with van der Waals surface area (Å²) in [5, 5.41) is 10.2. The van der Waals surface area contributed by atoms with Gasteiger partial charge in [0.15, 0.2) is 0 Å². The van der Waals surface area contributed by atoms with Gasteiger partial charge >= 0.3 is 0 Å². The van der Waals surface area contributed by atoms with Crippen molar-refractivity contribution in [1.82, 2.24) is 0 Å². The second-order valence-electron chi connectivity index (χ2n) is 14.4. The van der Waals surface area contributed by atoms with E-state index in [1.54, 1.807) is 0 Å². The van der Waals surface area contributed by atoms with E-state index >= 15 is 0 Å². The van der Waals surface area contributed by atoms with Gasteiger partial charge in [0.25, 0.3) is 0 Å². The van der Waals surface area contributed by atoms with Crippen molar-refractivity contribution in [2.24, 2.45) is 0 Å². The molecule has 10 rings (SSSR count). The van der Waals surface area contributed by atoms with Crippen LogP contribution < -0.4 is 4.90 Å². The summed E-state index contributed by atoms with van der Waals surface area (Å²) < 4.78 is 0. The summed E-state index contributed by atoms with van der Waals surface area (Å²) in [5.41, 5.74) is 12.4. The number of nitrogens with zero attached hydrogens (tertiary/aromatic N) is 1. The van der Waals surface area contributed by atoms with Gasteiger partial charge < -0.3 is 4.90 Å². The lowest BCUT2D eigenvalue weighted by Gasteiger charge is -2.28. The van der Waals surface area contributed by atoms with Crippen LogP contribution >= 0.6 is 0 Å². The van der Waals surface area contributed by atoms with Gasteiger partial charge in [-0.2, -0.15) is 0 Å². The molecule has 0 fully saturated rings. The first-order chi connectivity index (χ1) is 26.7. The molecule has 0 radical (unpaired) electrons. The molecule has 0 aliphatic heterocycles. The minimum absolute atomic E-state index is 1.01. The molecule has 0 spiro atoms. The van der Waals surface area contributed by atoms with Crippen LogP contribution in [0.5, 0.6) is 0 Å². The summed E-state index contributed by atoms with van der Waals surface area (Å²) in [7, 11) is 0. The Balaban J connectivity index is 1.35. The molecular formula is C53H39N. The van der Waals surface area contributed by atoms with E-state index in [-0.39, 0.29) is 0 Å². The lowest BCUT2D eigenvalue weighted by atomic mass is 9.80. The fraction of sp³-hybridized carbons (Fsp3) is 0.0566. The number of aryl methyl sites for hydroxylation is 1. The van der Waals surface area contributed by atoms with Crippen LogP contribution in [0.2, 0.25) is 0 Å². The highest BCUT2D eigenvalue weighted by atomic mass is 15.1. The Hall–Kier alpha value is -6.70. The highest BCUT2D eigenvalue weighted by Gasteiger charge is 2.24. The summed E-state index contributed by atoms with van der Waals surface area (Å²) in [6, 6.07) is 64.8. The van der Waals surface area contributed by atoms with Crippen molar-refractivity contribution >= 4 is 65.7 Å². The van der Waals surface area contributed by atoms with Crippen LogP contribution in [0.3, 0.4) is 0 Å². The lowest BCUT2D eigenvalue weighted by molar-refractivity contribution is 1.06. The number of para-hydroxylation sites is 1. The van der Waals surface area contributed by atoms with Gasteiger partial charge in [0.05, 0.1) is 0 Å². The first kappa shape index (κ1) is 32.0. The number of anilines is 3. The van der Waals surface area contributed by atoms with E-state index in [9.17, 15) is 0 Å². The molecule has 0 aromatic heterocycles. The van der Waals surface area contributed by atoms with Crippen molar-refractivity contribution in [1.29, 1.82) is 0 Å². The van der Waals surface area contributed by atoms with Crippen molar-refractivity contribution in [3.05, 3.63) is 205 Å². The highest BCUT2D eigenvalue weighted by molar-refractivity contribution is 6.32. The third-order valence-electron chi connectivity index (χ3n) is 11.2. The van der Waals surface area contributed by atoms with Crippen molar-refractivity contribution < 1.29 is 0 Å². The maximum atomic E-state index is 2.47. The van der Waals surface area contributed by atoms with Crippen LogP contribution in [0.15, 0.2) is 194 Å². The molecule has 1 aliphatic carbocycles. The number of fused-ring (bicyclic) bond motifs is 7. The number of rotatable bonds is 6. The second-order valence-corrected chi connectivity index (χ2v) is 14.4. The smallest absolute Gasteiger partial charge is 0.0490 e. The van der Waals surface area contributed by atoms with E-state index in [0.29, 0.717) is 0 Å². The quantitative estimate of drug-likeness (QED) is 0.157. The maximum Gasteiger partial charge on any atom is 0.0490 e. The Labute approximate surface area is 316 Å². The van der Waals surface area contributed by atoms with Crippen LogP contribution in [0.25, 0.3) is 70.9 Å². The van der Waals surface area contributed by atoms with Gasteiger partial charge in [0.2, 0.25) is 0 Å². The third-order valence-corrected chi connectivity index (χ3v) is 11.2. The van der Waals surface area contributed by atoms with Gasteiger partial charge in [-0.25, -0.2) is 0 Å². The van der Waals surface area contributed by atoms with Crippen LogP contribution in [0.4, 0.5) is 17.1 Å². The molecule has 0 N–H and O–H groups in total. The van der Waals surface area contributed by atoms with Crippen molar-refractivity contribution in [2.45, 2.75) is 19.8 Å². The maximum absolute atomic E-state index is 2.47. The van der Waals surface area contributed by atoms with E-state index in [1.807, 2.05) is 0 Å². The zero-order valence-corrected chi connectivity index (χ0v) is 30.3. The molecule has 0 saturated carbocycles. The standard InChI is InChI=1S/C53H39N/c1-36-17-11-16-28-50(36)54(42-30-29-37-18-12-13-25-41(37)33-42)43-31-32-46-49(34-43)44-26-14-15-27-45(44)52-48(39-21-7-3-8-22-39)35-47(38-19-5-2-6-20-38)51(53(46)52)40-23-9-4-10-24-40/h2-9,11-23,25-35H,10,24H2,1H3. The number of hydrogen-bond donors (Lipinski definition) is 0. The fourth-order valence-electron chi connectivity index (χ4n) is 8.67. The Morgan fingerprint density at radius 1 is 0.463 bits per heavy atom. The predicted molar refractivity (Wildman–Crippen MR) is 233 cm³/mol. The minimum atomic E-state index is 1.01. The van der Waals surface area contributed by atoms with Crippen LogP contribution in [-0.4, -0.2) is 0 Å². The Kier molecular flexibility index (Phi) is 7.92. The minimum Gasteiger partial charge on any atom is -0.310 e. The normalized spacial score (nSPS) is 12.8. The van der Waals surface area contributed by atoms with Crippen molar-refractivity contribution in [3.8, 4) is 22.3 Å². The van der Waals surface area contributed by atoms with Gasteiger partial charge in [-0.15, -0.1) is 0 Å². The molecule has 0 heterocycles.